The number of aliphatic hydroxyl groups is 1. The fraction of sp³-hybridized carbons (Fsp3) is 0.320. The van der Waals surface area contributed by atoms with Crippen LogP contribution in [0.25, 0.3) is 0 Å². The molecule has 1 N–H and O–H groups in total. The lowest BCUT2D eigenvalue weighted by atomic mass is 9.99. The smallest absolute Gasteiger partial charge is 0.142 e. The molecule has 1 unspecified atom stereocenters. The normalized spacial score (nSPS) is 15.7. The molecule has 0 aliphatic carbocycles. The van der Waals surface area contributed by atoms with Gasteiger partial charge >= 0.3 is 0 Å². The van der Waals surface area contributed by atoms with Crippen LogP contribution in [0.5, 0.6) is 5.75 Å². The summed E-state index contributed by atoms with van der Waals surface area (Å²) >= 11 is 0. The fourth-order valence-electron chi connectivity index (χ4n) is 4.09. The molecule has 2 heterocycles. The highest BCUT2D eigenvalue weighted by Crippen LogP contribution is 2.28. The Kier molecular flexibility index (Phi) is 6.62. The minimum atomic E-state index is -0.641. The quantitative estimate of drug-likeness (QED) is 0.654. The molecule has 1 fully saturated rings. The Morgan fingerprint density at radius 3 is 2.43 bits per heavy atom. The fourth-order valence-corrected chi connectivity index (χ4v) is 4.09. The Hall–Kier alpha value is -2.89. The first-order valence-corrected chi connectivity index (χ1v) is 10.5. The molecule has 5 nitrogen and oxygen atoms in total. The predicted molar refractivity (Wildman–Crippen MR) is 120 cm³/mol. The van der Waals surface area contributed by atoms with E-state index in [1.165, 1.54) is 0 Å². The molecule has 4 rings (SSSR count). The third-order valence-corrected chi connectivity index (χ3v) is 5.80. The molecule has 0 saturated carbocycles. The van der Waals surface area contributed by atoms with Crippen molar-refractivity contribution in [1.82, 2.24) is 9.88 Å². The van der Waals surface area contributed by atoms with Gasteiger partial charge in [-0.1, -0.05) is 48.5 Å². The Morgan fingerprint density at radius 2 is 1.67 bits per heavy atom. The molecule has 2 aromatic carbocycles. The molecule has 30 heavy (non-hydrogen) atoms. The average Bonchev–Trinajstić information content (AvgIpc) is 2.83. The van der Waals surface area contributed by atoms with E-state index in [-0.39, 0.29) is 0 Å². The number of pyridine rings is 1. The summed E-state index contributed by atoms with van der Waals surface area (Å²) in [6.45, 7) is 4.89. The first-order chi connectivity index (χ1) is 14.8. The van der Waals surface area contributed by atoms with Crippen LogP contribution in [0.2, 0.25) is 0 Å². The van der Waals surface area contributed by atoms with E-state index in [4.69, 9.17) is 4.74 Å². The number of ether oxygens (including phenoxy) is 1. The molecule has 1 atom stereocenters. The molecule has 0 amide bonds. The summed E-state index contributed by atoms with van der Waals surface area (Å²) in [7, 11) is 1.73. The number of methoxy groups -OCH3 is 1. The van der Waals surface area contributed by atoms with Gasteiger partial charge in [0.15, 0.2) is 0 Å². The minimum absolute atomic E-state index is 0.641. The summed E-state index contributed by atoms with van der Waals surface area (Å²) in [4.78, 5) is 9.44. The second kappa shape index (κ2) is 9.74. The number of anilines is 1. The monoisotopic (exact) mass is 403 g/mol. The first-order valence-electron chi connectivity index (χ1n) is 10.5. The maximum atomic E-state index is 10.8. The van der Waals surface area contributed by atoms with Crippen molar-refractivity contribution in [3.63, 3.8) is 0 Å². The van der Waals surface area contributed by atoms with E-state index >= 15 is 0 Å². The second-order valence-corrected chi connectivity index (χ2v) is 7.60. The molecule has 0 radical (unpaired) electrons. The molecular weight excluding hydrogens is 374 g/mol. The lowest BCUT2D eigenvalue weighted by molar-refractivity contribution is 0.217. The molecular formula is C25H29N3O2. The lowest BCUT2D eigenvalue weighted by Crippen LogP contribution is -2.47. The van der Waals surface area contributed by atoms with Gasteiger partial charge in [0.05, 0.1) is 12.8 Å². The van der Waals surface area contributed by atoms with Crippen LogP contribution in [0, 0.1) is 0 Å². The van der Waals surface area contributed by atoms with Crippen molar-refractivity contribution in [1.29, 1.82) is 0 Å². The number of piperazine rings is 1. The predicted octanol–water partition coefficient (Wildman–Crippen LogP) is 3.54. The van der Waals surface area contributed by atoms with E-state index in [9.17, 15) is 5.11 Å². The first kappa shape index (κ1) is 20.4. The van der Waals surface area contributed by atoms with E-state index < -0.39 is 6.10 Å². The van der Waals surface area contributed by atoms with Crippen LogP contribution in [-0.2, 0) is 6.42 Å². The van der Waals surface area contributed by atoms with Crippen LogP contribution in [0.1, 0.15) is 22.9 Å². The third kappa shape index (κ3) is 4.64. The second-order valence-electron chi connectivity index (χ2n) is 7.60. The van der Waals surface area contributed by atoms with E-state index in [2.05, 4.69) is 26.9 Å². The number of benzene rings is 2. The number of para-hydroxylation sites is 2. The van der Waals surface area contributed by atoms with Crippen molar-refractivity contribution in [2.24, 2.45) is 0 Å². The van der Waals surface area contributed by atoms with Crippen LogP contribution < -0.4 is 9.64 Å². The number of aromatic nitrogens is 1. The van der Waals surface area contributed by atoms with Crippen LogP contribution in [0.15, 0.2) is 72.9 Å². The van der Waals surface area contributed by atoms with Crippen LogP contribution in [0.3, 0.4) is 0 Å². The molecule has 1 saturated heterocycles. The van der Waals surface area contributed by atoms with E-state index in [0.29, 0.717) is 0 Å². The zero-order chi connectivity index (χ0) is 20.8. The van der Waals surface area contributed by atoms with Gasteiger partial charge in [0.25, 0.3) is 0 Å². The summed E-state index contributed by atoms with van der Waals surface area (Å²) in [6.07, 6.45) is 2.00. The van der Waals surface area contributed by atoms with Gasteiger partial charge < -0.3 is 14.7 Å². The summed E-state index contributed by atoms with van der Waals surface area (Å²) in [5.41, 5.74) is 3.94. The molecule has 0 bridgehead atoms. The molecule has 156 valence electrons. The van der Waals surface area contributed by atoms with Gasteiger partial charge in [-0.2, -0.15) is 0 Å². The summed E-state index contributed by atoms with van der Waals surface area (Å²) in [5.74, 6) is 0.930. The summed E-state index contributed by atoms with van der Waals surface area (Å²) < 4.78 is 5.52. The van der Waals surface area contributed by atoms with Gasteiger partial charge in [-0.25, -0.2) is 0 Å². The average molecular weight is 404 g/mol. The van der Waals surface area contributed by atoms with Crippen molar-refractivity contribution < 1.29 is 9.84 Å². The summed E-state index contributed by atoms with van der Waals surface area (Å²) in [6, 6.07) is 21.9. The zero-order valence-corrected chi connectivity index (χ0v) is 17.4. The van der Waals surface area contributed by atoms with Crippen LogP contribution >= 0.6 is 0 Å². The van der Waals surface area contributed by atoms with Gasteiger partial charge in [-0.15, -0.1) is 0 Å². The summed E-state index contributed by atoms with van der Waals surface area (Å²) in [5, 5.41) is 10.8. The molecule has 1 aliphatic heterocycles. The number of aliphatic hydroxyl groups excluding tert-OH is 1. The molecule has 1 aromatic heterocycles. The topological polar surface area (TPSA) is 48.8 Å². The van der Waals surface area contributed by atoms with Crippen molar-refractivity contribution >= 4 is 5.69 Å². The highest BCUT2D eigenvalue weighted by atomic mass is 16.5. The van der Waals surface area contributed by atoms with Crippen molar-refractivity contribution in [3.05, 3.63) is 89.7 Å². The lowest BCUT2D eigenvalue weighted by Gasteiger charge is -2.36. The van der Waals surface area contributed by atoms with E-state index in [1.807, 2.05) is 60.8 Å². The van der Waals surface area contributed by atoms with Crippen molar-refractivity contribution in [3.8, 4) is 5.75 Å². The van der Waals surface area contributed by atoms with Gasteiger partial charge in [0.2, 0.25) is 0 Å². The van der Waals surface area contributed by atoms with Crippen molar-refractivity contribution in [2.45, 2.75) is 12.5 Å². The Labute approximate surface area is 178 Å². The van der Waals surface area contributed by atoms with Crippen molar-refractivity contribution in [2.75, 3.05) is 44.7 Å². The number of nitrogens with zero attached hydrogens (tertiary/aromatic N) is 3. The standard InChI is InChI=1S/C25H29N3O2/c1-30-24-12-6-5-11-23(24)28-18-16-27(17-19-28)15-13-22-21(10-7-14-26-22)25(29)20-8-3-2-4-9-20/h2-12,14,25,29H,13,15-19H2,1H3. The molecule has 3 aromatic rings. The van der Waals surface area contributed by atoms with E-state index in [0.717, 1.165) is 67.4 Å². The Balaban J connectivity index is 1.36. The molecule has 5 heteroatoms. The third-order valence-electron chi connectivity index (χ3n) is 5.80. The number of rotatable bonds is 7. The zero-order valence-electron chi connectivity index (χ0n) is 17.4. The highest BCUT2D eigenvalue weighted by Gasteiger charge is 2.21. The maximum Gasteiger partial charge on any atom is 0.142 e. The van der Waals surface area contributed by atoms with Crippen LogP contribution in [-0.4, -0.2) is 54.8 Å². The number of hydrogen-bond acceptors (Lipinski definition) is 5. The Morgan fingerprint density at radius 1 is 0.933 bits per heavy atom. The van der Waals surface area contributed by atoms with Gasteiger partial charge in [-0.3, -0.25) is 9.88 Å². The van der Waals surface area contributed by atoms with Gasteiger partial charge in [0, 0.05) is 56.6 Å². The Bertz CT molecular complexity index is 940. The maximum absolute atomic E-state index is 10.8. The van der Waals surface area contributed by atoms with Gasteiger partial charge in [0.1, 0.15) is 11.9 Å². The van der Waals surface area contributed by atoms with E-state index in [1.54, 1.807) is 7.11 Å². The molecule has 0 spiro atoms. The number of hydrogen-bond donors (Lipinski definition) is 1. The van der Waals surface area contributed by atoms with Gasteiger partial charge in [-0.05, 0) is 23.8 Å². The molecule has 1 aliphatic rings. The highest BCUT2D eigenvalue weighted by molar-refractivity contribution is 5.58. The minimum Gasteiger partial charge on any atom is -0.495 e. The van der Waals surface area contributed by atoms with Crippen LogP contribution in [0.4, 0.5) is 5.69 Å². The SMILES string of the molecule is COc1ccccc1N1CCN(CCc2ncccc2C(O)c2ccccc2)CC1. The largest absolute Gasteiger partial charge is 0.495 e.